The van der Waals surface area contributed by atoms with Crippen LogP contribution in [0.2, 0.25) is 0 Å². The molecule has 2 atom stereocenters. The Morgan fingerprint density at radius 2 is 2.36 bits per heavy atom. The number of cyclic esters (lactones) is 1. The molecule has 0 N–H and O–H groups in total. The molecule has 0 bridgehead atoms. The molecule has 4 heteroatoms. The van der Waals surface area contributed by atoms with E-state index in [0.29, 0.717) is 0 Å². The summed E-state index contributed by atoms with van der Waals surface area (Å²) in [6, 6.07) is 0. The maximum atomic E-state index is 11.0. The summed E-state index contributed by atoms with van der Waals surface area (Å²) in [6.45, 7) is 3.01. The maximum absolute atomic E-state index is 11.0. The van der Waals surface area contributed by atoms with Crippen molar-refractivity contribution in [1.29, 1.82) is 0 Å². The van der Waals surface area contributed by atoms with Gasteiger partial charge < -0.3 is 4.74 Å². The molecule has 2 unspecified atom stereocenters. The molecule has 1 aliphatic heterocycles. The predicted octanol–water partition coefficient (Wildman–Crippen LogP) is 0.888. The summed E-state index contributed by atoms with van der Waals surface area (Å²) in [4.78, 5) is 20.5. The minimum Gasteiger partial charge on any atom is -0.461 e. The minimum atomic E-state index is -1.40. The number of halogens is 1. The fraction of sp³-hybridized carbons (Fsp3) is 0.714. The lowest BCUT2D eigenvalue weighted by Gasteiger charge is -2.10. The number of rotatable bonds is 1. The fourth-order valence-corrected chi connectivity index (χ4v) is 1.35. The second-order valence-corrected chi connectivity index (χ2v) is 3.42. The molecular formula is C7H9ClO3. The van der Waals surface area contributed by atoms with Crippen LogP contribution in [-0.4, -0.2) is 22.7 Å². The zero-order valence-electron chi connectivity index (χ0n) is 6.39. The first-order valence-electron chi connectivity index (χ1n) is 3.38. The summed E-state index contributed by atoms with van der Waals surface area (Å²) >= 11 is 5.73. The fourth-order valence-electron chi connectivity index (χ4n) is 1.08. The SMILES string of the molecule is CC(=O)C1(Cl)CC(C)OC1=O. The standard InChI is InChI=1S/C7H9ClO3/c1-4-3-7(8,5(2)9)6(10)11-4/h4H,3H2,1-2H3. The van der Waals surface area contributed by atoms with E-state index in [9.17, 15) is 9.59 Å². The highest BCUT2D eigenvalue weighted by atomic mass is 35.5. The van der Waals surface area contributed by atoms with Gasteiger partial charge in [-0.25, -0.2) is 4.79 Å². The van der Waals surface area contributed by atoms with Gasteiger partial charge in [0.15, 0.2) is 5.78 Å². The number of Topliss-reactive ketones (excluding diaryl/α,β-unsaturated/α-hetero) is 1. The van der Waals surface area contributed by atoms with Crippen LogP contribution in [0, 0.1) is 0 Å². The number of alkyl halides is 1. The van der Waals surface area contributed by atoms with Crippen LogP contribution in [0.1, 0.15) is 20.3 Å². The molecule has 1 aliphatic rings. The average Bonchev–Trinajstić information content (AvgIpc) is 2.08. The summed E-state index contributed by atoms with van der Waals surface area (Å²) in [5.41, 5.74) is 0. The van der Waals surface area contributed by atoms with Gasteiger partial charge in [0.25, 0.3) is 0 Å². The van der Waals surface area contributed by atoms with E-state index in [1.54, 1.807) is 6.92 Å². The molecule has 62 valence electrons. The van der Waals surface area contributed by atoms with Crippen molar-refractivity contribution in [1.82, 2.24) is 0 Å². The molecule has 0 aromatic heterocycles. The highest BCUT2D eigenvalue weighted by Crippen LogP contribution is 2.32. The van der Waals surface area contributed by atoms with Gasteiger partial charge >= 0.3 is 5.97 Å². The van der Waals surface area contributed by atoms with Crippen molar-refractivity contribution < 1.29 is 14.3 Å². The Labute approximate surface area is 69.7 Å². The van der Waals surface area contributed by atoms with E-state index in [0.717, 1.165) is 0 Å². The van der Waals surface area contributed by atoms with Crippen LogP contribution in [0.15, 0.2) is 0 Å². The van der Waals surface area contributed by atoms with Crippen molar-refractivity contribution in [3.05, 3.63) is 0 Å². The monoisotopic (exact) mass is 176 g/mol. The second-order valence-electron chi connectivity index (χ2n) is 2.78. The molecular weight excluding hydrogens is 168 g/mol. The van der Waals surface area contributed by atoms with Gasteiger partial charge in [-0.15, -0.1) is 0 Å². The van der Waals surface area contributed by atoms with Gasteiger partial charge in [-0.05, 0) is 13.8 Å². The first-order chi connectivity index (χ1) is 4.97. The van der Waals surface area contributed by atoms with Crippen LogP contribution in [0.25, 0.3) is 0 Å². The molecule has 0 saturated carbocycles. The highest BCUT2D eigenvalue weighted by molar-refractivity contribution is 6.46. The smallest absolute Gasteiger partial charge is 0.335 e. The lowest BCUT2D eigenvalue weighted by Crippen LogP contribution is -2.35. The Morgan fingerprint density at radius 3 is 2.55 bits per heavy atom. The van der Waals surface area contributed by atoms with Crippen molar-refractivity contribution in [3.8, 4) is 0 Å². The summed E-state index contributed by atoms with van der Waals surface area (Å²) in [6.07, 6.45) is 0.0341. The zero-order valence-corrected chi connectivity index (χ0v) is 7.14. The Bertz CT molecular complexity index is 214. The Kier molecular flexibility index (Phi) is 1.92. The summed E-state index contributed by atoms with van der Waals surface area (Å²) in [7, 11) is 0. The highest BCUT2D eigenvalue weighted by Gasteiger charge is 2.50. The molecule has 3 nitrogen and oxygen atoms in total. The van der Waals surface area contributed by atoms with E-state index < -0.39 is 10.8 Å². The topological polar surface area (TPSA) is 43.4 Å². The minimum absolute atomic E-state index is 0.246. The average molecular weight is 177 g/mol. The van der Waals surface area contributed by atoms with Gasteiger partial charge in [0.2, 0.25) is 4.87 Å². The van der Waals surface area contributed by atoms with Crippen LogP contribution in [-0.2, 0) is 14.3 Å². The Balaban J connectivity index is 2.88. The third-order valence-electron chi connectivity index (χ3n) is 1.76. The van der Waals surface area contributed by atoms with Gasteiger partial charge in [0, 0.05) is 6.42 Å². The number of hydrogen-bond acceptors (Lipinski definition) is 3. The van der Waals surface area contributed by atoms with Gasteiger partial charge in [0.05, 0.1) is 0 Å². The van der Waals surface area contributed by atoms with Crippen molar-refractivity contribution in [2.75, 3.05) is 0 Å². The first kappa shape index (κ1) is 8.53. The number of carbonyl (C=O) groups excluding carboxylic acids is 2. The number of esters is 1. The van der Waals surface area contributed by atoms with E-state index in [1.165, 1.54) is 6.92 Å². The van der Waals surface area contributed by atoms with E-state index in [2.05, 4.69) is 0 Å². The summed E-state index contributed by atoms with van der Waals surface area (Å²) in [5.74, 6) is -0.951. The third kappa shape index (κ3) is 1.25. The molecule has 1 saturated heterocycles. The van der Waals surface area contributed by atoms with E-state index in [4.69, 9.17) is 16.3 Å². The normalized spacial score (nSPS) is 37.0. The molecule has 0 amide bonds. The third-order valence-corrected chi connectivity index (χ3v) is 2.33. The lowest BCUT2D eigenvalue weighted by atomic mass is 10.0. The maximum Gasteiger partial charge on any atom is 0.335 e. The molecule has 0 aromatic carbocycles. The Hall–Kier alpha value is -0.570. The molecule has 11 heavy (non-hydrogen) atoms. The van der Waals surface area contributed by atoms with Gasteiger partial charge in [-0.3, -0.25) is 4.79 Å². The molecule has 0 radical (unpaired) electrons. The Morgan fingerprint density at radius 1 is 1.82 bits per heavy atom. The molecule has 1 heterocycles. The summed E-state index contributed by atoms with van der Waals surface area (Å²) in [5, 5.41) is 0. The van der Waals surface area contributed by atoms with Crippen LogP contribution >= 0.6 is 11.6 Å². The van der Waals surface area contributed by atoms with E-state index in [-0.39, 0.29) is 18.3 Å². The van der Waals surface area contributed by atoms with Gasteiger partial charge in [-0.1, -0.05) is 11.6 Å². The zero-order chi connectivity index (χ0) is 8.65. The van der Waals surface area contributed by atoms with Gasteiger partial charge in [-0.2, -0.15) is 0 Å². The van der Waals surface area contributed by atoms with Crippen molar-refractivity contribution in [3.63, 3.8) is 0 Å². The van der Waals surface area contributed by atoms with Crippen molar-refractivity contribution in [2.45, 2.75) is 31.2 Å². The predicted molar refractivity (Wildman–Crippen MR) is 39.4 cm³/mol. The molecule has 0 aromatic rings. The number of carbonyl (C=O) groups is 2. The van der Waals surface area contributed by atoms with Crippen LogP contribution in [0.4, 0.5) is 0 Å². The quantitative estimate of drug-likeness (QED) is 0.339. The van der Waals surface area contributed by atoms with E-state index >= 15 is 0 Å². The molecule has 0 spiro atoms. The van der Waals surface area contributed by atoms with Crippen molar-refractivity contribution >= 4 is 23.4 Å². The second kappa shape index (κ2) is 2.48. The molecule has 1 fully saturated rings. The number of hydrogen-bond donors (Lipinski definition) is 0. The van der Waals surface area contributed by atoms with Crippen LogP contribution in [0.3, 0.4) is 0 Å². The van der Waals surface area contributed by atoms with Gasteiger partial charge in [0.1, 0.15) is 6.10 Å². The van der Waals surface area contributed by atoms with Crippen LogP contribution < -0.4 is 0 Å². The number of ether oxygens (including phenoxy) is 1. The summed E-state index contributed by atoms with van der Waals surface area (Å²) < 4.78 is 4.75. The largest absolute Gasteiger partial charge is 0.461 e. The molecule has 1 rings (SSSR count). The number of ketones is 1. The van der Waals surface area contributed by atoms with E-state index in [1.807, 2.05) is 0 Å². The van der Waals surface area contributed by atoms with Crippen molar-refractivity contribution in [2.24, 2.45) is 0 Å². The lowest BCUT2D eigenvalue weighted by molar-refractivity contribution is -0.144. The van der Waals surface area contributed by atoms with Crippen LogP contribution in [0.5, 0.6) is 0 Å². The molecule has 0 aliphatic carbocycles. The first-order valence-corrected chi connectivity index (χ1v) is 3.75.